The van der Waals surface area contributed by atoms with Gasteiger partial charge in [-0.1, -0.05) is 84.5 Å². The lowest BCUT2D eigenvalue weighted by Gasteiger charge is -2.09. The number of amidine groups is 1. The van der Waals surface area contributed by atoms with Gasteiger partial charge in [0.1, 0.15) is 13.1 Å². The predicted molar refractivity (Wildman–Crippen MR) is 117 cm³/mol. The highest BCUT2D eigenvalue weighted by molar-refractivity contribution is 5.79. The van der Waals surface area contributed by atoms with E-state index in [2.05, 4.69) is 42.5 Å². The third kappa shape index (κ3) is 10.4. The van der Waals surface area contributed by atoms with Gasteiger partial charge >= 0.3 is 0 Å². The van der Waals surface area contributed by atoms with Gasteiger partial charge in [0.15, 0.2) is 0 Å². The zero-order valence-electron chi connectivity index (χ0n) is 18.3. The van der Waals surface area contributed by atoms with Gasteiger partial charge in [0.25, 0.3) is 5.84 Å². The molecule has 0 N–H and O–H groups in total. The zero-order chi connectivity index (χ0) is 18.9. The maximum atomic E-state index is 2.59. The average Bonchev–Trinajstić information content (AvgIpc) is 3.05. The molecule has 0 atom stereocenters. The van der Waals surface area contributed by atoms with E-state index in [1.165, 1.54) is 109 Å². The maximum absolute atomic E-state index is 2.59. The Morgan fingerprint density at radius 3 is 1.96 bits per heavy atom. The van der Waals surface area contributed by atoms with Crippen molar-refractivity contribution in [1.82, 2.24) is 4.90 Å². The second kappa shape index (κ2) is 16.4. The van der Waals surface area contributed by atoms with E-state index in [0.29, 0.717) is 0 Å². The first-order chi connectivity index (χ1) is 12.8. The average molecular weight is 364 g/mol. The molecule has 0 saturated carbocycles. The number of hydrogen-bond donors (Lipinski definition) is 0. The predicted octanol–water partition coefficient (Wildman–Crippen LogP) is 7.14. The Morgan fingerprint density at radius 2 is 1.35 bits per heavy atom. The van der Waals surface area contributed by atoms with Crippen LogP contribution in [0.25, 0.3) is 0 Å². The van der Waals surface area contributed by atoms with Gasteiger partial charge in [0.05, 0.1) is 12.7 Å². The summed E-state index contributed by atoms with van der Waals surface area (Å²) in [6.45, 7) is 10.4. The molecule has 0 unspecified atom stereocenters. The Kier molecular flexibility index (Phi) is 14.7. The summed E-state index contributed by atoms with van der Waals surface area (Å²) >= 11 is 0. The lowest BCUT2D eigenvalue weighted by molar-refractivity contribution is -0.515. The lowest BCUT2D eigenvalue weighted by Crippen LogP contribution is -2.24. The Morgan fingerprint density at radius 1 is 0.769 bits per heavy atom. The number of likely N-dealkylation sites (N-methyl/N-ethyl adjacent to an activating group) is 1. The van der Waals surface area contributed by atoms with Crippen LogP contribution in [-0.2, 0) is 0 Å². The SMILES string of the molecule is CCCCCCCCCC=CN1CC[N+](CC)=C1CCCCCCCC. The highest BCUT2D eigenvalue weighted by Crippen LogP contribution is 2.14. The topological polar surface area (TPSA) is 6.25 Å². The Bertz CT molecular complexity index is 384. The van der Waals surface area contributed by atoms with Gasteiger partial charge in [-0.15, -0.1) is 0 Å². The molecule has 1 aliphatic heterocycles. The van der Waals surface area contributed by atoms with Crippen molar-refractivity contribution in [3.8, 4) is 0 Å². The van der Waals surface area contributed by atoms with Crippen LogP contribution in [0.15, 0.2) is 12.3 Å². The first kappa shape index (κ1) is 23.2. The van der Waals surface area contributed by atoms with Crippen molar-refractivity contribution in [1.29, 1.82) is 0 Å². The van der Waals surface area contributed by atoms with Gasteiger partial charge in [-0.3, -0.25) is 4.58 Å². The van der Waals surface area contributed by atoms with Crippen LogP contribution in [0.4, 0.5) is 0 Å². The molecule has 2 heteroatoms. The number of allylic oxidation sites excluding steroid dienone is 1. The van der Waals surface area contributed by atoms with Crippen LogP contribution >= 0.6 is 0 Å². The fourth-order valence-corrected chi connectivity index (χ4v) is 3.96. The summed E-state index contributed by atoms with van der Waals surface area (Å²) in [5.41, 5.74) is 0. The molecule has 0 saturated heterocycles. The third-order valence-electron chi connectivity index (χ3n) is 5.70. The molecule has 0 aromatic carbocycles. The number of nitrogens with zero attached hydrogens (tertiary/aromatic N) is 2. The summed E-state index contributed by atoms with van der Waals surface area (Å²) in [6, 6.07) is 0. The molecule has 0 aliphatic carbocycles. The standard InChI is InChI=1S/C24H47N2/c1-4-7-9-11-13-14-15-17-19-21-26-23-22-25(6-3)24(26)20-18-16-12-10-8-5-2/h19,21H,4-18,20,22-23H2,1-3H3/q+1. The molecule has 1 heterocycles. The molecule has 0 aromatic heterocycles. The minimum Gasteiger partial charge on any atom is -0.262 e. The van der Waals surface area contributed by atoms with Crippen LogP contribution in [0.2, 0.25) is 0 Å². The Balaban J connectivity index is 2.21. The molecule has 152 valence electrons. The van der Waals surface area contributed by atoms with Gasteiger partial charge in [-0.25, -0.2) is 4.90 Å². The minimum absolute atomic E-state index is 1.16. The van der Waals surface area contributed by atoms with Crippen molar-refractivity contribution >= 4 is 5.84 Å². The summed E-state index contributed by atoms with van der Waals surface area (Å²) < 4.78 is 2.59. The van der Waals surface area contributed by atoms with Gasteiger partial charge in [0.2, 0.25) is 0 Å². The molecule has 1 aliphatic rings. The number of rotatable bonds is 17. The fourth-order valence-electron chi connectivity index (χ4n) is 3.96. The van der Waals surface area contributed by atoms with Crippen molar-refractivity contribution in [3.05, 3.63) is 12.3 Å². The first-order valence-corrected chi connectivity index (χ1v) is 11.9. The van der Waals surface area contributed by atoms with Crippen molar-refractivity contribution < 1.29 is 4.58 Å². The molecule has 0 spiro atoms. The fraction of sp³-hybridized carbons (Fsp3) is 0.875. The highest BCUT2D eigenvalue weighted by atomic mass is 15.3. The summed E-state index contributed by atoms with van der Waals surface area (Å²) in [4.78, 5) is 2.54. The molecule has 26 heavy (non-hydrogen) atoms. The van der Waals surface area contributed by atoms with E-state index in [1.54, 1.807) is 5.84 Å². The largest absolute Gasteiger partial charge is 0.262 e. The molecule has 0 bridgehead atoms. The zero-order valence-corrected chi connectivity index (χ0v) is 18.3. The first-order valence-electron chi connectivity index (χ1n) is 11.9. The summed E-state index contributed by atoms with van der Waals surface area (Å²) in [6.07, 6.45) is 25.5. The second-order valence-corrected chi connectivity index (χ2v) is 8.00. The van der Waals surface area contributed by atoms with Gasteiger partial charge < -0.3 is 0 Å². The highest BCUT2D eigenvalue weighted by Gasteiger charge is 2.26. The van der Waals surface area contributed by atoms with E-state index in [-0.39, 0.29) is 0 Å². The summed E-state index contributed by atoms with van der Waals surface area (Å²) in [5, 5.41) is 0. The van der Waals surface area contributed by atoms with Crippen molar-refractivity contribution in [3.63, 3.8) is 0 Å². The Labute approximate surface area is 164 Å². The van der Waals surface area contributed by atoms with Crippen LogP contribution in [0, 0.1) is 0 Å². The van der Waals surface area contributed by atoms with Gasteiger partial charge in [-0.2, -0.15) is 0 Å². The van der Waals surface area contributed by atoms with Crippen LogP contribution in [0.5, 0.6) is 0 Å². The van der Waals surface area contributed by atoms with Gasteiger partial charge in [0, 0.05) is 6.42 Å². The van der Waals surface area contributed by atoms with E-state index < -0.39 is 0 Å². The minimum atomic E-state index is 1.16. The molecule has 2 nitrogen and oxygen atoms in total. The number of unbranched alkanes of at least 4 members (excludes halogenated alkanes) is 12. The van der Waals surface area contributed by atoms with E-state index in [4.69, 9.17) is 0 Å². The van der Waals surface area contributed by atoms with E-state index in [1.807, 2.05) is 0 Å². The van der Waals surface area contributed by atoms with Gasteiger partial charge in [-0.05, 0) is 32.3 Å². The van der Waals surface area contributed by atoms with E-state index in [9.17, 15) is 0 Å². The van der Waals surface area contributed by atoms with Crippen LogP contribution in [0.3, 0.4) is 0 Å². The van der Waals surface area contributed by atoms with Crippen LogP contribution < -0.4 is 0 Å². The lowest BCUT2D eigenvalue weighted by atomic mass is 10.1. The van der Waals surface area contributed by atoms with Crippen molar-refractivity contribution in [2.24, 2.45) is 0 Å². The van der Waals surface area contributed by atoms with Crippen molar-refractivity contribution in [2.45, 2.75) is 117 Å². The molecule has 0 aromatic rings. The summed E-state index contributed by atoms with van der Waals surface area (Å²) in [5.74, 6) is 1.58. The monoisotopic (exact) mass is 363 g/mol. The molecule has 0 amide bonds. The van der Waals surface area contributed by atoms with Crippen LogP contribution in [0.1, 0.15) is 117 Å². The quantitative estimate of drug-likeness (QED) is 0.197. The summed E-state index contributed by atoms with van der Waals surface area (Å²) in [7, 11) is 0. The van der Waals surface area contributed by atoms with E-state index in [0.717, 1.165) is 6.54 Å². The third-order valence-corrected chi connectivity index (χ3v) is 5.70. The Hall–Kier alpha value is -0.790. The molecular formula is C24H47N2+. The molecule has 0 fully saturated rings. The van der Waals surface area contributed by atoms with Crippen LogP contribution in [-0.4, -0.2) is 34.9 Å². The smallest absolute Gasteiger partial charge is 0.251 e. The molecule has 1 rings (SSSR count). The number of hydrogen-bond acceptors (Lipinski definition) is 1. The molecular weight excluding hydrogens is 316 g/mol. The maximum Gasteiger partial charge on any atom is 0.251 e. The normalized spacial score (nSPS) is 15.0. The molecule has 0 radical (unpaired) electrons. The second-order valence-electron chi connectivity index (χ2n) is 8.00. The van der Waals surface area contributed by atoms with E-state index >= 15 is 0 Å². The van der Waals surface area contributed by atoms with Crippen molar-refractivity contribution in [2.75, 3.05) is 19.6 Å².